The van der Waals surface area contributed by atoms with Crippen LogP contribution in [0.2, 0.25) is 0 Å². The van der Waals surface area contributed by atoms with Gasteiger partial charge in [0.1, 0.15) is 12.3 Å². The first-order valence-electron chi connectivity index (χ1n) is 9.97. The monoisotopic (exact) mass is 438 g/mol. The van der Waals surface area contributed by atoms with Crippen LogP contribution in [0.3, 0.4) is 0 Å². The Hall–Kier alpha value is -3.32. The third-order valence-electron chi connectivity index (χ3n) is 4.96. The molecule has 0 fully saturated rings. The molecule has 0 radical (unpaired) electrons. The molecule has 1 N–H and O–H groups in total. The summed E-state index contributed by atoms with van der Waals surface area (Å²) >= 11 is 0. The smallest absolute Gasteiger partial charge is 0.264 e. The Kier molecular flexibility index (Phi) is 6.97. The second kappa shape index (κ2) is 9.66. The minimum Gasteiger partial charge on any atom is -0.496 e. The third kappa shape index (κ3) is 5.06. The van der Waals surface area contributed by atoms with Crippen molar-refractivity contribution >= 4 is 27.3 Å². The fourth-order valence-electron chi connectivity index (χ4n) is 3.32. The van der Waals surface area contributed by atoms with Gasteiger partial charge >= 0.3 is 0 Å². The molecular weight excluding hydrogens is 412 g/mol. The number of carbonyl (C=O) groups is 1. The fraction of sp³-hybridized carbons (Fsp3) is 0.208. The van der Waals surface area contributed by atoms with Gasteiger partial charge in [-0.2, -0.15) is 0 Å². The average molecular weight is 439 g/mol. The number of rotatable bonds is 8. The van der Waals surface area contributed by atoms with Gasteiger partial charge in [0.25, 0.3) is 10.0 Å². The lowest BCUT2D eigenvalue weighted by molar-refractivity contribution is -0.114. The van der Waals surface area contributed by atoms with Gasteiger partial charge in [-0.1, -0.05) is 43.3 Å². The number of aryl methyl sites for hydroxylation is 2. The molecule has 3 rings (SSSR count). The Bertz CT molecular complexity index is 1160. The number of nitrogens with one attached hydrogen (secondary N) is 1. The quantitative estimate of drug-likeness (QED) is 0.566. The van der Waals surface area contributed by atoms with Crippen LogP contribution in [-0.4, -0.2) is 28.0 Å². The van der Waals surface area contributed by atoms with Crippen LogP contribution in [-0.2, 0) is 21.2 Å². The van der Waals surface area contributed by atoms with E-state index in [1.165, 1.54) is 13.2 Å². The van der Waals surface area contributed by atoms with E-state index in [-0.39, 0.29) is 11.4 Å². The maximum atomic E-state index is 13.5. The van der Waals surface area contributed by atoms with Crippen LogP contribution in [0, 0.1) is 6.92 Å². The van der Waals surface area contributed by atoms with Crippen molar-refractivity contribution in [2.45, 2.75) is 25.2 Å². The van der Waals surface area contributed by atoms with Crippen LogP contribution in [0.4, 0.5) is 11.4 Å². The van der Waals surface area contributed by atoms with Gasteiger partial charge in [-0.3, -0.25) is 9.10 Å². The molecule has 0 unspecified atom stereocenters. The molecule has 162 valence electrons. The van der Waals surface area contributed by atoms with Crippen molar-refractivity contribution in [3.63, 3.8) is 0 Å². The summed E-state index contributed by atoms with van der Waals surface area (Å²) in [5.41, 5.74) is 2.77. The number of anilines is 2. The highest BCUT2D eigenvalue weighted by Crippen LogP contribution is 2.27. The first kappa shape index (κ1) is 22.4. The van der Waals surface area contributed by atoms with E-state index in [1.54, 1.807) is 49.4 Å². The topological polar surface area (TPSA) is 75.7 Å². The lowest BCUT2D eigenvalue weighted by atomic mass is 10.1. The second-order valence-corrected chi connectivity index (χ2v) is 8.90. The average Bonchev–Trinajstić information content (AvgIpc) is 2.78. The van der Waals surface area contributed by atoms with E-state index in [4.69, 9.17) is 4.74 Å². The van der Waals surface area contributed by atoms with Crippen molar-refractivity contribution in [2.75, 3.05) is 23.3 Å². The van der Waals surface area contributed by atoms with Crippen molar-refractivity contribution in [1.82, 2.24) is 0 Å². The van der Waals surface area contributed by atoms with Crippen LogP contribution >= 0.6 is 0 Å². The highest BCUT2D eigenvalue weighted by molar-refractivity contribution is 7.92. The van der Waals surface area contributed by atoms with Gasteiger partial charge < -0.3 is 10.1 Å². The minimum atomic E-state index is -3.99. The molecule has 0 aromatic heterocycles. The van der Waals surface area contributed by atoms with Crippen LogP contribution in [0.5, 0.6) is 5.75 Å². The number of sulfonamides is 1. The second-order valence-electron chi connectivity index (χ2n) is 7.04. The van der Waals surface area contributed by atoms with Gasteiger partial charge in [0.15, 0.2) is 0 Å². The lowest BCUT2D eigenvalue weighted by Crippen LogP contribution is -2.38. The molecule has 0 saturated carbocycles. The van der Waals surface area contributed by atoms with Gasteiger partial charge in [0, 0.05) is 5.69 Å². The highest BCUT2D eigenvalue weighted by Gasteiger charge is 2.28. The Morgan fingerprint density at radius 1 is 1.00 bits per heavy atom. The number of hydrogen-bond donors (Lipinski definition) is 1. The number of para-hydroxylation sites is 2. The molecule has 1 amide bonds. The minimum absolute atomic E-state index is 0.0939. The molecule has 0 aliphatic heterocycles. The van der Waals surface area contributed by atoms with Crippen molar-refractivity contribution in [1.29, 1.82) is 0 Å². The summed E-state index contributed by atoms with van der Waals surface area (Å²) in [6.45, 7) is 3.42. The molecule has 31 heavy (non-hydrogen) atoms. The maximum Gasteiger partial charge on any atom is 0.264 e. The van der Waals surface area contributed by atoms with Crippen molar-refractivity contribution in [3.8, 4) is 5.75 Å². The predicted molar refractivity (Wildman–Crippen MR) is 123 cm³/mol. The fourth-order valence-corrected chi connectivity index (χ4v) is 4.83. The molecule has 3 aromatic rings. The van der Waals surface area contributed by atoms with Gasteiger partial charge in [0.2, 0.25) is 5.91 Å². The summed E-state index contributed by atoms with van der Waals surface area (Å²) in [5.74, 6) is 0.178. The normalized spacial score (nSPS) is 11.1. The van der Waals surface area contributed by atoms with Crippen molar-refractivity contribution < 1.29 is 17.9 Å². The standard InChI is InChI=1S/C24H26N2O4S/c1-4-19-10-8-9-13-22(19)25-24(27)17-26(20-11-6-5-7-12-20)31(28,29)21-14-15-23(30-3)18(2)16-21/h5-16H,4,17H2,1-3H3,(H,25,27). The third-order valence-corrected chi connectivity index (χ3v) is 6.73. The molecule has 0 bridgehead atoms. The van der Waals surface area contributed by atoms with E-state index in [0.717, 1.165) is 16.3 Å². The zero-order chi connectivity index (χ0) is 22.4. The van der Waals surface area contributed by atoms with E-state index < -0.39 is 15.9 Å². The van der Waals surface area contributed by atoms with Crippen LogP contribution in [0.15, 0.2) is 77.7 Å². The summed E-state index contributed by atoms with van der Waals surface area (Å²) in [4.78, 5) is 13.0. The molecule has 0 heterocycles. The first-order valence-corrected chi connectivity index (χ1v) is 11.4. The Morgan fingerprint density at radius 3 is 2.32 bits per heavy atom. The van der Waals surface area contributed by atoms with Gasteiger partial charge in [-0.25, -0.2) is 8.42 Å². The Labute approximate surface area is 183 Å². The number of hydrogen-bond acceptors (Lipinski definition) is 4. The van der Waals surface area contributed by atoms with E-state index in [1.807, 2.05) is 31.2 Å². The van der Waals surface area contributed by atoms with Gasteiger partial charge in [-0.05, 0) is 60.9 Å². The zero-order valence-corrected chi connectivity index (χ0v) is 18.6. The summed E-state index contributed by atoms with van der Waals surface area (Å²) in [7, 11) is -2.45. The van der Waals surface area contributed by atoms with E-state index in [0.29, 0.717) is 22.7 Å². The van der Waals surface area contributed by atoms with E-state index in [2.05, 4.69) is 5.32 Å². The molecular formula is C24H26N2O4S. The molecule has 7 heteroatoms. The Morgan fingerprint density at radius 2 is 1.68 bits per heavy atom. The van der Waals surface area contributed by atoms with E-state index in [9.17, 15) is 13.2 Å². The molecule has 3 aromatic carbocycles. The summed E-state index contributed by atoms with van der Waals surface area (Å²) in [5, 5.41) is 2.85. The number of amides is 1. The van der Waals surface area contributed by atoms with Gasteiger partial charge in [-0.15, -0.1) is 0 Å². The predicted octanol–water partition coefficient (Wildman–Crippen LogP) is 4.40. The Balaban J connectivity index is 1.95. The molecule has 0 saturated heterocycles. The number of ether oxygens (including phenoxy) is 1. The maximum absolute atomic E-state index is 13.5. The largest absolute Gasteiger partial charge is 0.496 e. The molecule has 0 atom stereocenters. The number of methoxy groups -OCH3 is 1. The molecule has 0 spiro atoms. The van der Waals surface area contributed by atoms with Crippen LogP contribution < -0.4 is 14.4 Å². The van der Waals surface area contributed by atoms with Crippen molar-refractivity contribution in [2.24, 2.45) is 0 Å². The highest BCUT2D eigenvalue weighted by atomic mass is 32.2. The summed E-state index contributed by atoms with van der Waals surface area (Å²) < 4.78 is 33.4. The summed E-state index contributed by atoms with van der Waals surface area (Å²) in [6, 6.07) is 20.7. The number of benzene rings is 3. The number of nitrogens with zero attached hydrogens (tertiary/aromatic N) is 1. The van der Waals surface area contributed by atoms with E-state index >= 15 is 0 Å². The SMILES string of the molecule is CCc1ccccc1NC(=O)CN(c1ccccc1)S(=O)(=O)c1ccc(OC)c(C)c1. The lowest BCUT2D eigenvalue weighted by Gasteiger charge is -2.24. The van der Waals surface area contributed by atoms with Crippen LogP contribution in [0.1, 0.15) is 18.1 Å². The first-order chi connectivity index (χ1) is 14.9. The molecule has 6 nitrogen and oxygen atoms in total. The summed E-state index contributed by atoms with van der Waals surface area (Å²) in [6.07, 6.45) is 0.752. The van der Waals surface area contributed by atoms with Crippen molar-refractivity contribution in [3.05, 3.63) is 83.9 Å². The number of carbonyl (C=O) groups excluding carboxylic acids is 1. The van der Waals surface area contributed by atoms with Gasteiger partial charge in [0.05, 0.1) is 17.7 Å². The zero-order valence-electron chi connectivity index (χ0n) is 17.8. The molecule has 0 aliphatic carbocycles. The molecule has 0 aliphatic rings. The van der Waals surface area contributed by atoms with Crippen LogP contribution in [0.25, 0.3) is 0 Å².